The van der Waals surface area contributed by atoms with Crippen molar-refractivity contribution in [1.82, 2.24) is 10.1 Å². The summed E-state index contributed by atoms with van der Waals surface area (Å²) < 4.78 is 4.20. The molecule has 3 N–H and O–H groups in total. The Balaban J connectivity index is 0.000000810. The summed E-state index contributed by atoms with van der Waals surface area (Å²) in [5, 5.41) is 3.38. The molecule has 0 spiro atoms. The number of rotatable bonds is 2. The van der Waals surface area contributed by atoms with Gasteiger partial charge in [0.1, 0.15) is 0 Å². The van der Waals surface area contributed by atoms with Gasteiger partial charge in [0.2, 0.25) is 0 Å². The number of aromatic amines is 1. The summed E-state index contributed by atoms with van der Waals surface area (Å²) in [6, 6.07) is 0. The molecule has 0 saturated carbocycles. The fourth-order valence-electron chi connectivity index (χ4n) is 0.505. The number of hydrogen-bond donors (Lipinski definition) is 2. The molecule has 0 unspecified atom stereocenters. The maximum absolute atomic E-state index is 10.2. The Morgan fingerprint density at radius 3 is 2.80 bits per heavy atom. The van der Waals surface area contributed by atoms with Gasteiger partial charge in [-0.25, -0.2) is 4.79 Å². The fraction of sp³-hybridized carbons (Fsp3) is 0.500. The highest BCUT2D eigenvalue weighted by Gasteiger charge is 1.95. The topological polar surface area (TPSA) is 84.9 Å². The lowest BCUT2D eigenvalue weighted by atomic mass is 10.4. The molecule has 1 aromatic rings. The third-order valence-electron chi connectivity index (χ3n) is 0.866. The van der Waals surface area contributed by atoms with Gasteiger partial charge in [-0.3, -0.25) is 9.51 Å². The first-order valence-electron chi connectivity index (χ1n) is 2.58. The minimum absolute atomic E-state index is 0. The van der Waals surface area contributed by atoms with Crippen molar-refractivity contribution >= 4 is 12.4 Å². The van der Waals surface area contributed by atoms with Crippen molar-refractivity contribution in [1.29, 1.82) is 0 Å². The lowest BCUT2D eigenvalue weighted by molar-refractivity contribution is 0.381. The number of nitrogens with two attached hydrogens (primary N) is 1. The first-order chi connectivity index (χ1) is 4.33. The average molecular weight is 166 g/mol. The summed E-state index contributed by atoms with van der Waals surface area (Å²) >= 11 is 0. The predicted molar refractivity (Wildman–Crippen MR) is 37.1 cm³/mol. The van der Waals surface area contributed by atoms with Crippen LogP contribution in [0, 0.1) is 0 Å². The highest BCUT2D eigenvalue weighted by atomic mass is 35.5. The van der Waals surface area contributed by atoms with Crippen molar-refractivity contribution in [3.05, 3.63) is 16.4 Å². The van der Waals surface area contributed by atoms with Gasteiger partial charge in [0.25, 0.3) is 0 Å². The Hall–Kier alpha value is -0.810. The Bertz CT molecular complexity index is 230. The van der Waals surface area contributed by atoms with Crippen molar-refractivity contribution < 1.29 is 4.52 Å². The van der Waals surface area contributed by atoms with E-state index in [1.54, 1.807) is 0 Å². The summed E-state index contributed by atoms with van der Waals surface area (Å²) in [6.07, 6.45) is 0.547. The zero-order valence-corrected chi connectivity index (χ0v) is 5.98. The van der Waals surface area contributed by atoms with Crippen LogP contribution in [0.15, 0.2) is 9.32 Å². The molecule has 1 heterocycles. The number of halogens is 1. The molecule has 1 aromatic heterocycles. The van der Waals surface area contributed by atoms with Gasteiger partial charge in [0, 0.05) is 6.42 Å². The van der Waals surface area contributed by atoms with Crippen LogP contribution in [0.1, 0.15) is 5.82 Å². The maximum atomic E-state index is 10.2. The predicted octanol–water partition coefficient (Wildman–Crippen LogP) is -0.714. The third kappa shape index (κ3) is 2.20. The van der Waals surface area contributed by atoms with E-state index in [9.17, 15) is 4.79 Å². The fourth-order valence-corrected chi connectivity index (χ4v) is 0.505. The van der Waals surface area contributed by atoms with Crippen LogP contribution in [-0.4, -0.2) is 16.7 Å². The highest BCUT2D eigenvalue weighted by Crippen LogP contribution is 1.81. The van der Waals surface area contributed by atoms with E-state index in [0.29, 0.717) is 18.8 Å². The molecule has 6 heteroatoms. The SMILES string of the molecule is Cl.NCCc1noc(=O)[nH]1. The lowest BCUT2D eigenvalue weighted by Crippen LogP contribution is -2.05. The van der Waals surface area contributed by atoms with Gasteiger partial charge in [-0.05, 0) is 6.54 Å². The molecule has 0 bridgehead atoms. The molecule has 0 amide bonds. The number of nitrogens with one attached hydrogen (secondary N) is 1. The van der Waals surface area contributed by atoms with Gasteiger partial charge in [-0.2, -0.15) is 0 Å². The molecule has 0 fully saturated rings. The Labute approximate surface area is 63.0 Å². The Morgan fingerprint density at radius 2 is 2.40 bits per heavy atom. The first-order valence-corrected chi connectivity index (χ1v) is 2.58. The second-order valence-electron chi connectivity index (χ2n) is 1.58. The molecule has 0 aliphatic carbocycles. The van der Waals surface area contributed by atoms with Crippen molar-refractivity contribution in [2.75, 3.05) is 6.54 Å². The van der Waals surface area contributed by atoms with E-state index < -0.39 is 5.76 Å². The minimum atomic E-state index is -0.529. The van der Waals surface area contributed by atoms with E-state index in [1.165, 1.54) is 0 Å². The normalized spacial score (nSPS) is 8.90. The van der Waals surface area contributed by atoms with Gasteiger partial charge < -0.3 is 5.73 Å². The quantitative estimate of drug-likeness (QED) is 0.606. The smallest absolute Gasteiger partial charge is 0.330 e. The Kier molecular flexibility index (Phi) is 3.75. The molecule has 0 atom stereocenters. The molecule has 0 aliphatic heterocycles. The number of aromatic nitrogens is 2. The molecule has 58 valence electrons. The van der Waals surface area contributed by atoms with Crippen LogP contribution < -0.4 is 11.5 Å². The third-order valence-corrected chi connectivity index (χ3v) is 0.866. The van der Waals surface area contributed by atoms with Crippen molar-refractivity contribution in [3.8, 4) is 0 Å². The van der Waals surface area contributed by atoms with E-state index in [-0.39, 0.29) is 12.4 Å². The van der Waals surface area contributed by atoms with E-state index in [0.717, 1.165) is 0 Å². The van der Waals surface area contributed by atoms with Crippen LogP contribution >= 0.6 is 12.4 Å². The molecular weight excluding hydrogens is 158 g/mol. The van der Waals surface area contributed by atoms with E-state index in [1.807, 2.05) is 0 Å². The van der Waals surface area contributed by atoms with Crippen LogP contribution in [-0.2, 0) is 6.42 Å². The first kappa shape index (κ1) is 9.19. The lowest BCUT2D eigenvalue weighted by Gasteiger charge is -1.82. The van der Waals surface area contributed by atoms with Gasteiger partial charge >= 0.3 is 5.76 Å². The molecule has 5 nitrogen and oxygen atoms in total. The summed E-state index contributed by atoms with van der Waals surface area (Å²) in [7, 11) is 0. The number of hydrogen-bond acceptors (Lipinski definition) is 4. The van der Waals surface area contributed by atoms with Crippen LogP contribution in [0.2, 0.25) is 0 Å². The molecule has 0 radical (unpaired) electrons. The second-order valence-corrected chi connectivity index (χ2v) is 1.58. The summed E-state index contributed by atoms with van der Waals surface area (Å²) in [6.45, 7) is 0.461. The van der Waals surface area contributed by atoms with Crippen LogP contribution in [0.5, 0.6) is 0 Å². The van der Waals surface area contributed by atoms with E-state index in [4.69, 9.17) is 5.73 Å². The van der Waals surface area contributed by atoms with Crippen molar-refractivity contribution in [3.63, 3.8) is 0 Å². The number of H-pyrrole nitrogens is 1. The largest absolute Gasteiger partial charge is 0.438 e. The summed E-state index contributed by atoms with van der Waals surface area (Å²) in [5.74, 6) is -0.0269. The zero-order valence-electron chi connectivity index (χ0n) is 5.16. The average Bonchev–Trinajstić information content (AvgIpc) is 2.17. The maximum Gasteiger partial charge on any atom is 0.438 e. The van der Waals surface area contributed by atoms with Crippen molar-refractivity contribution in [2.24, 2.45) is 5.73 Å². The van der Waals surface area contributed by atoms with Gasteiger partial charge in [-0.15, -0.1) is 12.4 Å². The molecule has 0 aliphatic rings. The molecule has 1 rings (SSSR count). The van der Waals surface area contributed by atoms with Crippen LogP contribution in [0.25, 0.3) is 0 Å². The second kappa shape index (κ2) is 4.08. The van der Waals surface area contributed by atoms with Gasteiger partial charge in [-0.1, -0.05) is 5.16 Å². The van der Waals surface area contributed by atoms with E-state index in [2.05, 4.69) is 14.7 Å². The van der Waals surface area contributed by atoms with Crippen LogP contribution in [0.3, 0.4) is 0 Å². The zero-order chi connectivity index (χ0) is 6.69. The summed E-state index contributed by atoms with van der Waals surface area (Å²) in [4.78, 5) is 12.6. The van der Waals surface area contributed by atoms with Gasteiger partial charge in [0.15, 0.2) is 5.82 Å². The van der Waals surface area contributed by atoms with Gasteiger partial charge in [0.05, 0.1) is 0 Å². The minimum Gasteiger partial charge on any atom is -0.330 e. The molecule has 0 saturated heterocycles. The standard InChI is InChI=1S/C4H7N3O2.ClH/c5-2-1-3-6-4(8)9-7-3;/h1-2,5H2,(H,6,7,8);1H. The number of nitrogens with zero attached hydrogens (tertiary/aromatic N) is 1. The monoisotopic (exact) mass is 165 g/mol. The van der Waals surface area contributed by atoms with E-state index >= 15 is 0 Å². The summed E-state index contributed by atoms with van der Waals surface area (Å²) in [5.41, 5.74) is 5.17. The van der Waals surface area contributed by atoms with Crippen LogP contribution in [0.4, 0.5) is 0 Å². The molecule has 0 aromatic carbocycles. The Morgan fingerprint density at radius 1 is 1.70 bits per heavy atom. The van der Waals surface area contributed by atoms with Crippen molar-refractivity contribution in [2.45, 2.75) is 6.42 Å². The molecule has 10 heavy (non-hydrogen) atoms. The highest BCUT2D eigenvalue weighted by molar-refractivity contribution is 5.85. The molecular formula is C4H8ClN3O2.